The van der Waals surface area contributed by atoms with Gasteiger partial charge in [-0.25, -0.2) is 0 Å². The Morgan fingerprint density at radius 2 is 2.47 bits per heavy atom. The second kappa shape index (κ2) is 6.44. The van der Waals surface area contributed by atoms with Crippen LogP contribution in [0.15, 0.2) is 0 Å². The van der Waals surface area contributed by atoms with Crippen molar-refractivity contribution in [1.82, 2.24) is 10.2 Å². The fourth-order valence-corrected chi connectivity index (χ4v) is 1.97. The maximum atomic E-state index is 10.3. The van der Waals surface area contributed by atoms with Crippen LogP contribution in [0.1, 0.15) is 12.8 Å². The lowest BCUT2D eigenvalue weighted by molar-refractivity contribution is -0.136. The van der Waals surface area contributed by atoms with Gasteiger partial charge in [-0.15, -0.1) is 6.42 Å². The van der Waals surface area contributed by atoms with Gasteiger partial charge in [-0.2, -0.15) is 0 Å². The number of likely N-dealkylation sites (tertiary alicyclic amines) is 1. The van der Waals surface area contributed by atoms with Crippen LogP contribution in [0.2, 0.25) is 0 Å². The van der Waals surface area contributed by atoms with Gasteiger partial charge in [0.05, 0.1) is 13.1 Å². The van der Waals surface area contributed by atoms with Gasteiger partial charge in [-0.3, -0.25) is 9.69 Å². The number of hydrogen-bond acceptors (Lipinski definition) is 3. The highest BCUT2D eigenvalue weighted by molar-refractivity contribution is 5.68. The predicted octanol–water partition coefficient (Wildman–Crippen LogP) is 0.00580. The molecule has 1 fully saturated rings. The van der Waals surface area contributed by atoms with Crippen LogP contribution in [-0.4, -0.2) is 48.7 Å². The highest BCUT2D eigenvalue weighted by Crippen LogP contribution is 2.14. The molecule has 0 aromatic heterocycles. The molecule has 1 saturated heterocycles. The summed E-state index contributed by atoms with van der Waals surface area (Å²) in [5.74, 6) is 2.38. The molecule has 0 radical (unpaired) electrons. The van der Waals surface area contributed by atoms with Crippen LogP contribution in [0.3, 0.4) is 0 Å². The zero-order valence-electron chi connectivity index (χ0n) is 8.91. The maximum absolute atomic E-state index is 10.3. The SMILES string of the molecule is C#CCN1CCCC(CNCC(=O)O)C1. The van der Waals surface area contributed by atoms with E-state index >= 15 is 0 Å². The van der Waals surface area contributed by atoms with Crippen LogP contribution in [0.25, 0.3) is 0 Å². The number of nitrogens with one attached hydrogen (secondary N) is 1. The molecular weight excluding hydrogens is 192 g/mol. The minimum atomic E-state index is -0.800. The molecular formula is C11H18N2O2. The van der Waals surface area contributed by atoms with E-state index in [-0.39, 0.29) is 6.54 Å². The third-order valence-electron chi connectivity index (χ3n) is 2.63. The Labute approximate surface area is 90.6 Å². The molecule has 2 N–H and O–H groups in total. The largest absolute Gasteiger partial charge is 0.480 e. The highest BCUT2D eigenvalue weighted by atomic mass is 16.4. The average molecular weight is 210 g/mol. The van der Waals surface area contributed by atoms with Gasteiger partial charge >= 0.3 is 5.97 Å². The molecule has 0 aromatic carbocycles. The molecule has 1 unspecified atom stereocenters. The summed E-state index contributed by atoms with van der Waals surface area (Å²) in [4.78, 5) is 12.6. The monoisotopic (exact) mass is 210 g/mol. The number of aliphatic carboxylic acids is 1. The van der Waals surface area contributed by atoms with Gasteiger partial charge in [0.1, 0.15) is 0 Å². The average Bonchev–Trinajstić information content (AvgIpc) is 2.18. The second-order valence-electron chi connectivity index (χ2n) is 3.97. The quantitative estimate of drug-likeness (QED) is 0.627. The number of piperidine rings is 1. The van der Waals surface area contributed by atoms with E-state index in [0.717, 1.165) is 32.5 Å². The van der Waals surface area contributed by atoms with Crippen molar-refractivity contribution in [3.05, 3.63) is 0 Å². The summed E-state index contributed by atoms with van der Waals surface area (Å²) in [5.41, 5.74) is 0. The Morgan fingerprint density at radius 1 is 1.67 bits per heavy atom. The number of carbonyl (C=O) groups is 1. The molecule has 1 aliphatic heterocycles. The van der Waals surface area contributed by atoms with Crippen LogP contribution in [0, 0.1) is 18.3 Å². The first-order valence-corrected chi connectivity index (χ1v) is 5.30. The third-order valence-corrected chi connectivity index (χ3v) is 2.63. The van der Waals surface area contributed by atoms with Crippen molar-refractivity contribution < 1.29 is 9.90 Å². The molecule has 0 bridgehead atoms. The predicted molar refractivity (Wildman–Crippen MR) is 58.5 cm³/mol. The number of hydrogen-bond donors (Lipinski definition) is 2. The highest BCUT2D eigenvalue weighted by Gasteiger charge is 2.18. The van der Waals surface area contributed by atoms with E-state index in [0.29, 0.717) is 12.5 Å². The van der Waals surface area contributed by atoms with Gasteiger partial charge in [-0.05, 0) is 31.8 Å². The zero-order valence-corrected chi connectivity index (χ0v) is 8.91. The minimum absolute atomic E-state index is 0.0473. The molecule has 4 nitrogen and oxygen atoms in total. The van der Waals surface area contributed by atoms with Crippen molar-refractivity contribution in [2.24, 2.45) is 5.92 Å². The molecule has 0 spiro atoms. The van der Waals surface area contributed by atoms with Gasteiger partial charge in [0.25, 0.3) is 0 Å². The molecule has 84 valence electrons. The fraction of sp³-hybridized carbons (Fsp3) is 0.727. The van der Waals surface area contributed by atoms with Gasteiger partial charge in [0, 0.05) is 6.54 Å². The van der Waals surface area contributed by atoms with E-state index in [2.05, 4.69) is 16.1 Å². The molecule has 4 heteroatoms. The van der Waals surface area contributed by atoms with E-state index < -0.39 is 5.97 Å². The Hall–Kier alpha value is -1.05. The van der Waals surface area contributed by atoms with Crippen molar-refractivity contribution >= 4 is 5.97 Å². The Bertz CT molecular complexity index is 247. The van der Waals surface area contributed by atoms with E-state index in [1.807, 2.05) is 0 Å². The number of rotatable bonds is 5. The number of nitrogens with zero attached hydrogens (tertiary/aromatic N) is 1. The van der Waals surface area contributed by atoms with Crippen LogP contribution >= 0.6 is 0 Å². The van der Waals surface area contributed by atoms with Gasteiger partial charge in [0.15, 0.2) is 0 Å². The minimum Gasteiger partial charge on any atom is -0.480 e. The standard InChI is InChI=1S/C11H18N2O2/c1-2-5-13-6-3-4-10(9-13)7-12-8-11(14)15/h1,10,12H,3-9H2,(H,14,15). The molecule has 1 rings (SSSR count). The van der Waals surface area contributed by atoms with Crippen molar-refractivity contribution in [2.75, 3.05) is 32.7 Å². The summed E-state index contributed by atoms with van der Waals surface area (Å²) in [6.07, 6.45) is 7.57. The van der Waals surface area contributed by atoms with E-state index in [9.17, 15) is 4.79 Å². The summed E-state index contributed by atoms with van der Waals surface area (Å²) in [6.45, 7) is 3.57. The van der Waals surface area contributed by atoms with E-state index in [1.165, 1.54) is 0 Å². The molecule has 0 aliphatic carbocycles. The van der Waals surface area contributed by atoms with E-state index in [4.69, 9.17) is 11.5 Å². The third kappa shape index (κ3) is 4.82. The summed E-state index contributed by atoms with van der Waals surface area (Å²) in [6, 6.07) is 0. The molecule has 1 atom stereocenters. The summed E-state index contributed by atoms with van der Waals surface area (Å²) in [7, 11) is 0. The van der Waals surface area contributed by atoms with Crippen LogP contribution < -0.4 is 5.32 Å². The lowest BCUT2D eigenvalue weighted by atomic mass is 9.98. The van der Waals surface area contributed by atoms with Crippen molar-refractivity contribution in [1.29, 1.82) is 0 Å². The molecule has 1 aliphatic rings. The Balaban J connectivity index is 2.18. The maximum Gasteiger partial charge on any atom is 0.317 e. The zero-order chi connectivity index (χ0) is 11.1. The van der Waals surface area contributed by atoms with E-state index in [1.54, 1.807) is 0 Å². The Kier molecular flexibility index (Phi) is 5.16. The summed E-state index contributed by atoms with van der Waals surface area (Å²) < 4.78 is 0. The molecule has 1 heterocycles. The number of carboxylic acids is 1. The molecule has 0 saturated carbocycles. The first-order valence-electron chi connectivity index (χ1n) is 5.30. The van der Waals surface area contributed by atoms with Crippen molar-refractivity contribution in [2.45, 2.75) is 12.8 Å². The van der Waals surface area contributed by atoms with Crippen molar-refractivity contribution in [3.8, 4) is 12.3 Å². The van der Waals surface area contributed by atoms with Crippen LogP contribution in [0.5, 0.6) is 0 Å². The second-order valence-corrected chi connectivity index (χ2v) is 3.97. The summed E-state index contributed by atoms with van der Waals surface area (Å²) >= 11 is 0. The van der Waals surface area contributed by atoms with Gasteiger partial charge < -0.3 is 10.4 Å². The smallest absolute Gasteiger partial charge is 0.317 e. The molecule has 0 amide bonds. The summed E-state index contributed by atoms with van der Waals surface area (Å²) in [5, 5.41) is 11.4. The lowest BCUT2D eigenvalue weighted by Gasteiger charge is -2.31. The normalized spacial score (nSPS) is 22.2. The fourth-order valence-electron chi connectivity index (χ4n) is 1.97. The first kappa shape index (κ1) is 12.0. The molecule has 0 aromatic rings. The van der Waals surface area contributed by atoms with Gasteiger partial charge in [0.2, 0.25) is 0 Å². The Morgan fingerprint density at radius 3 is 3.13 bits per heavy atom. The van der Waals surface area contributed by atoms with Crippen LogP contribution in [-0.2, 0) is 4.79 Å². The van der Waals surface area contributed by atoms with Crippen LogP contribution in [0.4, 0.5) is 0 Å². The lowest BCUT2D eigenvalue weighted by Crippen LogP contribution is -2.40. The number of terminal acetylenes is 1. The number of carboxylic acid groups (broad SMARTS) is 1. The topological polar surface area (TPSA) is 52.6 Å². The van der Waals surface area contributed by atoms with Gasteiger partial charge in [-0.1, -0.05) is 5.92 Å². The molecule has 15 heavy (non-hydrogen) atoms. The van der Waals surface area contributed by atoms with Crippen molar-refractivity contribution in [3.63, 3.8) is 0 Å². The first-order chi connectivity index (χ1) is 7.22.